The SMILES string of the molecule is CN(C)c1ccc(C(Cc2cncs2)NN)cc1. The van der Waals surface area contributed by atoms with Crippen molar-refractivity contribution in [3.8, 4) is 0 Å². The minimum absolute atomic E-state index is 0.127. The molecule has 0 saturated carbocycles. The minimum atomic E-state index is 0.127. The zero-order valence-corrected chi connectivity index (χ0v) is 11.4. The van der Waals surface area contributed by atoms with Gasteiger partial charge in [-0.15, -0.1) is 11.3 Å². The van der Waals surface area contributed by atoms with E-state index < -0.39 is 0 Å². The number of benzene rings is 1. The van der Waals surface area contributed by atoms with Gasteiger partial charge >= 0.3 is 0 Å². The van der Waals surface area contributed by atoms with Gasteiger partial charge in [0.1, 0.15) is 0 Å². The molecule has 1 aromatic carbocycles. The van der Waals surface area contributed by atoms with Crippen molar-refractivity contribution in [3.05, 3.63) is 46.4 Å². The van der Waals surface area contributed by atoms with Gasteiger partial charge in [0.25, 0.3) is 0 Å². The van der Waals surface area contributed by atoms with Crippen LogP contribution in [0.15, 0.2) is 36.0 Å². The first-order valence-corrected chi connectivity index (χ1v) is 6.69. The van der Waals surface area contributed by atoms with E-state index in [-0.39, 0.29) is 6.04 Å². The molecule has 0 amide bonds. The summed E-state index contributed by atoms with van der Waals surface area (Å²) >= 11 is 1.65. The molecule has 0 aliphatic carbocycles. The van der Waals surface area contributed by atoms with Crippen molar-refractivity contribution in [1.29, 1.82) is 0 Å². The predicted octanol–water partition coefficient (Wildman–Crippen LogP) is 1.96. The van der Waals surface area contributed by atoms with Crippen LogP contribution in [0.1, 0.15) is 16.5 Å². The third-order valence-corrected chi connectivity index (χ3v) is 3.70. The van der Waals surface area contributed by atoms with Crippen LogP contribution in [0, 0.1) is 0 Å². The molecule has 0 saturated heterocycles. The Morgan fingerprint density at radius 3 is 2.56 bits per heavy atom. The van der Waals surface area contributed by atoms with Gasteiger partial charge in [-0.1, -0.05) is 12.1 Å². The zero-order chi connectivity index (χ0) is 13.0. The minimum Gasteiger partial charge on any atom is -0.378 e. The number of hydrazine groups is 1. The van der Waals surface area contributed by atoms with Gasteiger partial charge < -0.3 is 4.90 Å². The molecule has 1 aromatic heterocycles. The molecule has 5 heteroatoms. The number of hydrogen-bond acceptors (Lipinski definition) is 5. The summed E-state index contributed by atoms with van der Waals surface area (Å²) in [7, 11) is 4.07. The van der Waals surface area contributed by atoms with Crippen molar-refractivity contribution >= 4 is 17.0 Å². The van der Waals surface area contributed by atoms with Crippen molar-refractivity contribution in [2.45, 2.75) is 12.5 Å². The van der Waals surface area contributed by atoms with Crippen LogP contribution >= 0.6 is 11.3 Å². The number of thiazole rings is 1. The van der Waals surface area contributed by atoms with Gasteiger partial charge in [0, 0.05) is 37.3 Å². The summed E-state index contributed by atoms with van der Waals surface area (Å²) in [6.45, 7) is 0. The fourth-order valence-corrected chi connectivity index (χ4v) is 2.46. The van der Waals surface area contributed by atoms with Crippen molar-refractivity contribution in [1.82, 2.24) is 10.4 Å². The number of nitrogens with one attached hydrogen (secondary N) is 1. The van der Waals surface area contributed by atoms with Crippen molar-refractivity contribution in [3.63, 3.8) is 0 Å². The van der Waals surface area contributed by atoms with Crippen LogP contribution in [0.2, 0.25) is 0 Å². The summed E-state index contributed by atoms with van der Waals surface area (Å²) in [4.78, 5) is 7.40. The van der Waals surface area contributed by atoms with E-state index in [4.69, 9.17) is 5.84 Å². The monoisotopic (exact) mass is 262 g/mol. The third-order valence-electron chi connectivity index (χ3n) is 2.90. The molecule has 96 valence electrons. The second-order valence-corrected chi connectivity index (χ2v) is 5.35. The first-order valence-electron chi connectivity index (χ1n) is 5.81. The summed E-state index contributed by atoms with van der Waals surface area (Å²) in [5, 5.41) is 0. The number of hydrogen-bond donors (Lipinski definition) is 2. The van der Waals surface area contributed by atoms with E-state index in [1.807, 2.05) is 25.8 Å². The lowest BCUT2D eigenvalue weighted by atomic mass is 10.0. The second kappa shape index (κ2) is 5.95. The van der Waals surface area contributed by atoms with E-state index in [1.165, 1.54) is 16.1 Å². The number of anilines is 1. The van der Waals surface area contributed by atoms with Crippen LogP contribution in [-0.2, 0) is 6.42 Å². The highest BCUT2D eigenvalue weighted by Crippen LogP contribution is 2.22. The molecule has 0 bridgehead atoms. The molecular formula is C13H18N4S. The maximum atomic E-state index is 5.64. The van der Waals surface area contributed by atoms with Gasteiger partial charge in [0.05, 0.1) is 11.6 Å². The standard InChI is InChI=1S/C13H18N4S/c1-17(2)11-5-3-10(4-6-11)13(16-14)7-12-8-15-9-18-12/h3-6,8-9,13,16H,7,14H2,1-2H3. The van der Waals surface area contributed by atoms with E-state index >= 15 is 0 Å². The average molecular weight is 262 g/mol. The van der Waals surface area contributed by atoms with E-state index in [1.54, 1.807) is 11.3 Å². The zero-order valence-electron chi connectivity index (χ0n) is 10.6. The average Bonchev–Trinajstić information content (AvgIpc) is 2.89. The first-order chi connectivity index (χ1) is 8.70. The molecule has 0 radical (unpaired) electrons. The van der Waals surface area contributed by atoms with Gasteiger partial charge in [0.15, 0.2) is 0 Å². The quantitative estimate of drug-likeness (QED) is 0.639. The molecule has 18 heavy (non-hydrogen) atoms. The summed E-state index contributed by atoms with van der Waals surface area (Å²) in [5.41, 5.74) is 7.09. The van der Waals surface area contributed by atoms with Gasteiger partial charge in [-0.05, 0) is 17.7 Å². The van der Waals surface area contributed by atoms with Crippen LogP contribution in [0.25, 0.3) is 0 Å². The lowest BCUT2D eigenvalue weighted by molar-refractivity contribution is 0.555. The highest BCUT2D eigenvalue weighted by Gasteiger charge is 2.11. The summed E-state index contributed by atoms with van der Waals surface area (Å²) < 4.78 is 0. The first kappa shape index (κ1) is 13.0. The Balaban J connectivity index is 2.12. The Kier molecular flexibility index (Phi) is 4.30. The number of nitrogens with zero attached hydrogens (tertiary/aromatic N) is 2. The Hall–Kier alpha value is -1.43. The molecule has 3 N–H and O–H groups in total. The molecule has 2 rings (SSSR count). The number of aromatic nitrogens is 1. The fourth-order valence-electron chi connectivity index (χ4n) is 1.82. The molecule has 4 nitrogen and oxygen atoms in total. The van der Waals surface area contributed by atoms with E-state index in [0.29, 0.717) is 0 Å². The van der Waals surface area contributed by atoms with Gasteiger partial charge in [0.2, 0.25) is 0 Å². The maximum Gasteiger partial charge on any atom is 0.0794 e. The topological polar surface area (TPSA) is 54.2 Å². The Morgan fingerprint density at radius 1 is 1.33 bits per heavy atom. The lowest BCUT2D eigenvalue weighted by Crippen LogP contribution is -2.29. The third kappa shape index (κ3) is 3.07. The van der Waals surface area contributed by atoms with E-state index in [2.05, 4.69) is 39.6 Å². The Morgan fingerprint density at radius 2 is 2.06 bits per heavy atom. The Labute approximate surface area is 111 Å². The summed E-state index contributed by atoms with van der Waals surface area (Å²) in [6.07, 6.45) is 2.76. The fraction of sp³-hybridized carbons (Fsp3) is 0.308. The van der Waals surface area contributed by atoms with Crippen molar-refractivity contribution in [2.24, 2.45) is 5.84 Å². The molecule has 1 heterocycles. The van der Waals surface area contributed by atoms with Crippen LogP contribution in [0.4, 0.5) is 5.69 Å². The predicted molar refractivity (Wildman–Crippen MR) is 76.7 cm³/mol. The van der Waals surface area contributed by atoms with E-state index in [0.717, 1.165) is 6.42 Å². The van der Waals surface area contributed by atoms with Crippen LogP contribution in [0.3, 0.4) is 0 Å². The summed E-state index contributed by atoms with van der Waals surface area (Å²) in [5.74, 6) is 5.64. The lowest BCUT2D eigenvalue weighted by Gasteiger charge is -2.17. The van der Waals surface area contributed by atoms with Crippen LogP contribution < -0.4 is 16.2 Å². The molecule has 0 aliphatic heterocycles. The number of rotatable bonds is 5. The van der Waals surface area contributed by atoms with Gasteiger partial charge in [-0.25, -0.2) is 0 Å². The second-order valence-electron chi connectivity index (χ2n) is 4.38. The molecule has 0 aliphatic rings. The van der Waals surface area contributed by atoms with Crippen molar-refractivity contribution < 1.29 is 0 Å². The highest BCUT2D eigenvalue weighted by molar-refractivity contribution is 7.09. The summed E-state index contributed by atoms with van der Waals surface area (Å²) in [6, 6.07) is 8.56. The molecule has 0 fully saturated rings. The highest BCUT2D eigenvalue weighted by atomic mass is 32.1. The van der Waals surface area contributed by atoms with Gasteiger partial charge in [-0.2, -0.15) is 0 Å². The van der Waals surface area contributed by atoms with Crippen molar-refractivity contribution in [2.75, 3.05) is 19.0 Å². The smallest absolute Gasteiger partial charge is 0.0794 e. The molecule has 1 atom stereocenters. The van der Waals surface area contributed by atoms with Crippen LogP contribution in [0.5, 0.6) is 0 Å². The molecule has 1 unspecified atom stereocenters. The maximum absolute atomic E-state index is 5.64. The Bertz CT molecular complexity index is 464. The largest absolute Gasteiger partial charge is 0.378 e. The van der Waals surface area contributed by atoms with E-state index in [9.17, 15) is 0 Å². The molecule has 2 aromatic rings. The van der Waals surface area contributed by atoms with Gasteiger partial charge in [-0.3, -0.25) is 16.3 Å². The normalized spacial score (nSPS) is 12.4. The molecular weight excluding hydrogens is 244 g/mol. The number of nitrogens with two attached hydrogens (primary N) is 1. The molecule has 0 spiro atoms. The van der Waals surface area contributed by atoms with Crippen LogP contribution in [-0.4, -0.2) is 19.1 Å².